The molecule has 0 aliphatic rings. The maximum atomic E-state index is 12.7. The first-order chi connectivity index (χ1) is 30.6. The number of carbonyl (C=O) groups is 2. The second kappa shape index (κ2) is 50.6. The molecule has 0 saturated heterocycles. The van der Waals surface area contributed by atoms with Gasteiger partial charge < -0.3 is 14.2 Å². The van der Waals surface area contributed by atoms with Crippen molar-refractivity contribution in [2.45, 2.75) is 155 Å². The van der Waals surface area contributed by atoms with Crippen molar-refractivity contribution in [2.24, 2.45) is 0 Å². The molecule has 62 heavy (non-hydrogen) atoms. The molecule has 0 amide bonds. The van der Waals surface area contributed by atoms with Gasteiger partial charge in [-0.3, -0.25) is 9.59 Å². The molecule has 0 spiro atoms. The van der Waals surface area contributed by atoms with Crippen LogP contribution in [0.4, 0.5) is 0 Å². The van der Waals surface area contributed by atoms with Crippen molar-refractivity contribution in [3.05, 3.63) is 170 Å². The van der Waals surface area contributed by atoms with Gasteiger partial charge in [0.2, 0.25) is 0 Å². The van der Waals surface area contributed by atoms with E-state index in [2.05, 4.69) is 167 Å². The Morgan fingerprint density at radius 1 is 0.355 bits per heavy atom. The molecule has 0 aliphatic carbocycles. The number of unbranched alkanes of at least 4 members (excludes halogenated alkanes) is 3. The second-order valence-corrected chi connectivity index (χ2v) is 14.5. The minimum Gasteiger partial charge on any atom is -0.461 e. The summed E-state index contributed by atoms with van der Waals surface area (Å²) in [4.78, 5) is 25.2. The van der Waals surface area contributed by atoms with Crippen LogP contribution < -0.4 is 0 Å². The van der Waals surface area contributed by atoms with Gasteiger partial charge in [-0.15, -0.1) is 0 Å². The Morgan fingerprint density at radius 2 is 0.677 bits per heavy atom. The lowest BCUT2D eigenvalue weighted by atomic mass is 10.2. The number of hydrogen-bond donors (Lipinski definition) is 0. The van der Waals surface area contributed by atoms with Crippen molar-refractivity contribution >= 4 is 11.9 Å². The fourth-order valence-corrected chi connectivity index (χ4v) is 5.41. The molecule has 1 unspecified atom stereocenters. The van der Waals surface area contributed by atoms with E-state index in [0.717, 1.165) is 116 Å². The second-order valence-electron chi connectivity index (χ2n) is 14.5. The average molecular weight is 849 g/mol. The van der Waals surface area contributed by atoms with Gasteiger partial charge in [-0.05, 0) is 109 Å². The first kappa shape index (κ1) is 57.3. The van der Waals surface area contributed by atoms with Gasteiger partial charge >= 0.3 is 11.9 Å². The zero-order valence-corrected chi connectivity index (χ0v) is 39.0. The van der Waals surface area contributed by atoms with Gasteiger partial charge in [-0.25, -0.2) is 0 Å². The minimum atomic E-state index is -0.660. The molecule has 0 saturated carbocycles. The van der Waals surface area contributed by atoms with Gasteiger partial charge in [0.05, 0.1) is 19.4 Å². The molecule has 0 aromatic carbocycles. The molecule has 0 heterocycles. The number of hydrogen-bond acceptors (Lipinski definition) is 5. The van der Waals surface area contributed by atoms with Crippen molar-refractivity contribution in [3.8, 4) is 0 Å². The Morgan fingerprint density at radius 3 is 1.05 bits per heavy atom. The van der Waals surface area contributed by atoms with Gasteiger partial charge in [0.15, 0.2) is 6.10 Å². The summed E-state index contributed by atoms with van der Waals surface area (Å²) in [5.41, 5.74) is 0. The summed E-state index contributed by atoms with van der Waals surface area (Å²) in [5.74, 6) is -0.729. The molecule has 1 atom stereocenters. The first-order valence-corrected chi connectivity index (χ1v) is 23.7. The molecule has 5 nitrogen and oxygen atoms in total. The molecule has 0 radical (unpaired) electrons. The van der Waals surface area contributed by atoms with Crippen molar-refractivity contribution in [2.75, 3.05) is 19.8 Å². The molecule has 0 N–H and O–H groups in total. The van der Waals surface area contributed by atoms with Gasteiger partial charge in [0, 0.05) is 6.61 Å². The largest absolute Gasteiger partial charge is 0.461 e. The summed E-state index contributed by atoms with van der Waals surface area (Å²) < 4.78 is 17.1. The Kier molecular flexibility index (Phi) is 46.7. The molecule has 0 rings (SSSR count). The smallest absolute Gasteiger partial charge is 0.310 e. The Labute approximate surface area is 379 Å². The summed E-state index contributed by atoms with van der Waals surface area (Å²) in [6, 6.07) is 0. The van der Waals surface area contributed by atoms with Crippen LogP contribution in [0.5, 0.6) is 0 Å². The van der Waals surface area contributed by atoms with Crippen LogP contribution in [0, 0.1) is 0 Å². The van der Waals surface area contributed by atoms with Gasteiger partial charge in [0.25, 0.3) is 0 Å². The molecular weight excluding hydrogens is 765 g/mol. The molecule has 342 valence electrons. The van der Waals surface area contributed by atoms with E-state index < -0.39 is 6.10 Å². The average Bonchev–Trinajstić information content (AvgIpc) is 3.27. The van der Waals surface area contributed by atoms with Crippen LogP contribution in [0.15, 0.2) is 170 Å². The highest BCUT2D eigenvalue weighted by Gasteiger charge is 2.16. The first-order valence-electron chi connectivity index (χ1n) is 23.7. The fraction of sp³-hybridized carbons (Fsp3) is 0.474. The third kappa shape index (κ3) is 47.9. The normalized spacial score (nSPS) is 13.8. The highest BCUT2D eigenvalue weighted by atomic mass is 16.6. The monoisotopic (exact) mass is 849 g/mol. The molecule has 0 bridgehead atoms. The van der Waals surface area contributed by atoms with E-state index in [1.54, 1.807) is 0 Å². The van der Waals surface area contributed by atoms with Crippen molar-refractivity contribution in [1.29, 1.82) is 0 Å². The molecule has 0 aromatic rings. The summed E-state index contributed by atoms with van der Waals surface area (Å²) in [6.07, 6.45) is 76.9. The fourth-order valence-electron chi connectivity index (χ4n) is 5.41. The Bertz CT molecular complexity index is 1470. The van der Waals surface area contributed by atoms with Crippen molar-refractivity contribution in [3.63, 3.8) is 0 Å². The van der Waals surface area contributed by atoms with E-state index in [-0.39, 0.29) is 38.0 Å². The number of ether oxygens (including phenoxy) is 3. The molecular formula is C57H84O5. The van der Waals surface area contributed by atoms with Gasteiger partial charge in [-0.2, -0.15) is 0 Å². The standard InChI is InChI=1S/C57H84O5/c1-4-7-10-13-16-19-22-25-28-31-34-37-40-43-46-49-52-60-53-55(62-57(59)51-48-45-42-39-36-33-30-27-24-21-18-15-12-9-6-3)54-61-56(58)50-47-44-41-38-35-32-29-26-23-20-17-14-11-8-5-2/h7-12,16-21,25-30,34-39,44-45,47-48,55H,4-6,13-15,22-24,31-33,40-43,46,49-54H2,1-3H3/b10-7-,11-8-,12-9-,19-16-,20-17-,21-18-,28-25-,29-26-,30-27-,37-34-,38-35-,39-36-,47-44-,48-45-. The lowest BCUT2D eigenvalue weighted by Gasteiger charge is -2.18. The topological polar surface area (TPSA) is 61.8 Å². The predicted octanol–water partition coefficient (Wildman–Crippen LogP) is 16.1. The lowest BCUT2D eigenvalue weighted by Crippen LogP contribution is -2.29. The van der Waals surface area contributed by atoms with Crippen molar-refractivity contribution < 1.29 is 23.8 Å². The van der Waals surface area contributed by atoms with E-state index in [9.17, 15) is 9.59 Å². The van der Waals surface area contributed by atoms with E-state index in [0.29, 0.717) is 6.61 Å². The summed E-state index contributed by atoms with van der Waals surface area (Å²) in [6.45, 7) is 7.15. The van der Waals surface area contributed by atoms with Crippen LogP contribution in [-0.2, 0) is 23.8 Å². The van der Waals surface area contributed by atoms with Crippen LogP contribution in [0.3, 0.4) is 0 Å². The third-order valence-electron chi connectivity index (χ3n) is 8.79. The highest BCUT2D eigenvalue weighted by molar-refractivity contribution is 5.72. The number of esters is 2. The zero-order valence-electron chi connectivity index (χ0n) is 39.0. The molecule has 0 aliphatic heterocycles. The van der Waals surface area contributed by atoms with E-state index in [1.807, 2.05) is 24.3 Å². The van der Waals surface area contributed by atoms with Crippen LogP contribution >= 0.6 is 0 Å². The maximum absolute atomic E-state index is 12.7. The quantitative estimate of drug-likeness (QED) is 0.0349. The van der Waals surface area contributed by atoms with Crippen LogP contribution in [0.25, 0.3) is 0 Å². The summed E-state index contributed by atoms with van der Waals surface area (Å²) >= 11 is 0. The molecule has 0 aromatic heterocycles. The Hall–Kier alpha value is -4.74. The third-order valence-corrected chi connectivity index (χ3v) is 8.79. The Balaban J connectivity index is 4.64. The SMILES string of the molecule is CC/C=C\C/C=C\C/C=C\C/C=C\C/C=C\CC(=O)OCC(COCCCCC/C=C\C/C=C\C/C=C\C/C=C\CC)OC(=O)C/C=C\C/C=C\C/C=C\C/C=C\C/C=C\CC. The van der Waals surface area contributed by atoms with E-state index >= 15 is 0 Å². The van der Waals surface area contributed by atoms with Gasteiger partial charge in [0.1, 0.15) is 6.61 Å². The number of rotatable bonds is 40. The maximum Gasteiger partial charge on any atom is 0.310 e. The van der Waals surface area contributed by atoms with E-state index in [1.165, 1.54) is 0 Å². The molecule has 0 fully saturated rings. The number of allylic oxidation sites excluding steroid dienone is 26. The van der Waals surface area contributed by atoms with Crippen LogP contribution in [0.2, 0.25) is 0 Å². The number of carbonyl (C=O) groups excluding carboxylic acids is 2. The van der Waals surface area contributed by atoms with E-state index in [4.69, 9.17) is 14.2 Å². The summed E-state index contributed by atoms with van der Waals surface area (Å²) in [5, 5.41) is 0. The molecule has 5 heteroatoms. The summed E-state index contributed by atoms with van der Waals surface area (Å²) in [7, 11) is 0. The van der Waals surface area contributed by atoms with Crippen LogP contribution in [0.1, 0.15) is 149 Å². The van der Waals surface area contributed by atoms with Crippen molar-refractivity contribution in [1.82, 2.24) is 0 Å². The van der Waals surface area contributed by atoms with Gasteiger partial charge in [-0.1, -0.05) is 197 Å². The highest BCUT2D eigenvalue weighted by Crippen LogP contribution is 2.06. The predicted molar refractivity (Wildman–Crippen MR) is 269 cm³/mol. The minimum absolute atomic E-state index is 0.0349. The van der Waals surface area contributed by atoms with Crippen LogP contribution in [-0.4, -0.2) is 37.9 Å². The lowest BCUT2D eigenvalue weighted by molar-refractivity contribution is -0.161. The zero-order chi connectivity index (χ0) is 44.9.